The van der Waals surface area contributed by atoms with E-state index in [1.165, 1.54) is 6.20 Å². The Labute approximate surface area is 142 Å². The lowest BCUT2D eigenvalue weighted by Crippen LogP contribution is -2.16. The molecule has 1 amide bonds. The van der Waals surface area contributed by atoms with Crippen molar-refractivity contribution >= 4 is 22.5 Å². The molecule has 25 heavy (non-hydrogen) atoms. The summed E-state index contributed by atoms with van der Waals surface area (Å²) in [6.07, 6.45) is 3.13. The van der Waals surface area contributed by atoms with Gasteiger partial charge < -0.3 is 10.3 Å². The number of pyridine rings is 1. The largest absolute Gasteiger partial charge is 0.328 e. The van der Waals surface area contributed by atoms with Crippen molar-refractivity contribution in [3.05, 3.63) is 82.9 Å². The third kappa shape index (κ3) is 2.92. The van der Waals surface area contributed by atoms with Crippen LogP contribution in [-0.4, -0.2) is 21.1 Å². The predicted octanol–water partition coefficient (Wildman–Crippen LogP) is 3.17. The minimum Gasteiger partial charge on any atom is -0.328 e. The fraction of sp³-hybridized carbons (Fsp3) is 0. The minimum atomic E-state index is -0.299. The van der Waals surface area contributed by atoms with Gasteiger partial charge in [-0.25, -0.2) is 0 Å². The van der Waals surface area contributed by atoms with Crippen molar-refractivity contribution in [1.82, 2.24) is 15.2 Å². The second-order valence-corrected chi connectivity index (χ2v) is 5.62. The fourth-order valence-electron chi connectivity index (χ4n) is 2.67. The molecule has 6 heteroatoms. The fourth-order valence-corrected chi connectivity index (χ4v) is 2.67. The smallest absolute Gasteiger partial charge is 0.257 e. The molecule has 2 heterocycles. The molecule has 3 N–H and O–H groups in total. The van der Waals surface area contributed by atoms with E-state index in [-0.39, 0.29) is 11.5 Å². The van der Waals surface area contributed by atoms with E-state index in [1.807, 2.05) is 42.5 Å². The number of amides is 1. The van der Waals surface area contributed by atoms with Crippen LogP contribution in [0.3, 0.4) is 0 Å². The van der Waals surface area contributed by atoms with Gasteiger partial charge >= 0.3 is 0 Å². The third-order valence-corrected chi connectivity index (χ3v) is 3.95. The van der Waals surface area contributed by atoms with E-state index >= 15 is 0 Å². The van der Waals surface area contributed by atoms with Gasteiger partial charge in [-0.3, -0.25) is 14.7 Å². The Morgan fingerprint density at radius 2 is 1.88 bits per heavy atom. The molecule has 6 nitrogen and oxygen atoms in total. The molecule has 0 aliphatic heterocycles. The average molecular weight is 330 g/mol. The van der Waals surface area contributed by atoms with Crippen molar-refractivity contribution in [2.24, 2.45) is 0 Å². The number of anilines is 1. The van der Waals surface area contributed by atoms with Crippen LogP contribution in [0.15, 0.2) is 71.8 Å². The third-order valence-electron chi connectivity index (χ3n) is 3.95. The number of nitrogens with one attached hydrogen (secondary N) is 3. The first-order valence-corrected chi connectivity index (χ1v) is 7.73. The Kier molecular flexibility index (Phi) is 3.63. The molecule has 0 radical (unpaired) electrons. The Hall–Kier alpha value is -3.67. The van der Waals surface area contributed by atoms with Crippen LogP contribution >= 0.6 is 0 Å². The van der Waals surface area contributed by atoms with E-state index in [9.17, 15) is 9.59 Å². The van der Waals surface area contributed by atoms with Crippen LogP contribution in [0.25, 0.3) is 22.0 Å². The molecule has 4 aromatic rings. The van der Waals surface area contributed by atoms with Gasteiger partial charge in [-0.05, 0) is 29.8 Å². The summed E-state index contributed by atoms with van der Waals surface area (Å²) in [5.41, 5.74) is 2.85. The summed E-state index contributed by atoms with van der Waals surface area (Å²) in [7, 11) is 0. The van der Waals surface area contributed by atoms with E-state index in [0.29, 0.717) is 16.8 Å². The Morgan fingerprint density at radius 1 is 1.04 bits per heavy atom. The van der Waals surface area contributed by atoms with E-state index in [4.69, 9.17) is 0 Å². The van der Waals surface area contributed by atoms with Gasteiger partial charge in [-0.2, -0.15) is 5.10 Å². The molecule has 0 saturated heterocycles. The number of benzene rings is 2. The van der Waals surface area contributed by atoms with Gasteiger partial charge in [0.2, 0.25) is 0 Å². The zero-order chi connectivity index (χ0) is 17.2. The normalized spacial score (nSPS) is 10.7. The molecule has 0 atom stereocenters. The van der Waals surface area contributed by atoms with E-state index < -0.39 is 0 Å². The van der Waals surface area contributed by atoms with Crippen molar-refractivity contribution in [2.75, 3.05) is 5.32 Å². The molecule has 0 unspecified atom stereocenters. The highest BCUT2D eigenvalue weighted by atomic mass is 16.1. The topological polar surface area (TPSA) is 90.6 Å². The molecule has 0 bridgehead atoms. The number of carbonyl (C=O) groups excluding carboxylic acids is 1. The lowest BCUT2D eigenvalue weighted by atomic mass is 10.1. The average Bonchev–Trinajstić information content (AvgIpc) is 3.10. The highest BCUT2D eigenvalue weighted by Crippen LogP contribution is 2.19. The van der Waals surface area contributed by atoms with Crippen molar-refractivity contribution in [3.63, 3.8) is 0 Å². The van der Waals surface area contributed by atoms with Crippen LogP contribution in [0.5, 0.6) is 0 Å². The summed E-state index contributed by atoms with van der Waals surface area (Å²) in [4.78, 5) is 27.2. The first-order valence-electron chi connectivity index (χ1n) is 7.73. The summed E-state index contributed by atoms with van der Waals surface area (Å²) in [5.74, 6) is -0.299. The molecule has 122 valence electrons. The molecule has 4 rings (SSSR count). The van der Waals surface area contributed by atoms with Gasteiger partial charge in [0.1, 0.15) is 0 Å². The van der Waals surface area contributed by atoms with Gasteiger partial charge in [0.15, 0.2) is 0 Å². The predicted molar refractivity (Wildman–Crippen MR) is 96.5 cm³/mol. The summed E-state index contributed by atoms with van der Waals surface area (Å²) in [5, 5.41) is 10.6. The number of hydrogen-bond donors (Lipinski definition) is 3. The quantitative estimate of drug-likeness (QED) is 0.539. The van der Waals surface area contributed by atoms with Crippen molar-refractivity contribution in [2.45, 2.75) is 0 Å². The van der Waals surface area contributed by atoms with Crippen LogP contribution in [-0.2, 0) is 0 Å². The van der Waals surface area contributed by atoms with Crippen LogP contribution in [0, 0.1) is 0 Å². The molecule has 0 saturated carbocycles. The molecule has 0 aliphatic carbocycles. The number of nitrogens with zero attached hydrogens (tertiary/aromatic N) is 1. The minimum absolute atomic E-state index is 0.235. The van der Waals surface area contributed by atoms with Gasteiger partial charge in [-0.15, -0.1) is 0 Å². The number of fused-ring (bicyclic) bond motifs is 1. The zero-order valence-corrected chi connectivity index (χ0v) is 13.1. The maximum Gasteiger partial charge on any atom is 0.257 e. The molecular weight excluding hydrogens is 316 g/mol. The molecule has 0 aliphatic rings. The maximum absolute atomic E-state index is 12.5. The number of carbonyl (C=O) groups is 1. The summed E-state index contributed by atoms with van der Waals surface area (Å²) < 4.78 is 0. The van der Waals surface area contributed by atoms with E-state index in [2.05, 4.69) is 20.5 Å². The second-order valence-electron chi connectivity index (χ2n) is 5.62. The van der Waals surface area contributed by atoms with Crippen LogP contribution in [0.2, 0.25) is 0 Å². The van der Waals surface area contributed by atoms with Crippen molar-refractivity contribution in [3.8, 4) is 11.1 Å². The Balaban J connectivity index is 1.65. The summed E-state index contributed by atoms with van der Waals surface area (Å²) in [6.45, 7) is 0. The SMILES string of the molecule is O=C(Nc1ccc2cn[nH]c2c1)c1c[nH]c(=O)c(-c2ccccc2)c1. The first kappa shape index (κ1) is 14.9. The van der Waals surface area contributed by atoms with Crippen molar-refractivity contribution in [1.29, 1.82) is 0 Å². The highest BCUT2D eigenvalue weighted by molar-refractivity contribution is 6.05. The van der Waals surface area contributed by atoms with Crippen LogP contribution < -0.4 is 10.9 Å². The van der Waals surface area contributed by atoms with Crippen LogP contribution in [0.4, 0.5) is 5.69 Å². The van der Waals surface area contributed by atoms with Crippen LogP contribution in [0.1, 0.15) is 10.4 Å². The van der Waals surface area contributed by atoms with Gasteiger partial charge in [0.25, 0.3) is 11.5 Å². The molecule has 2 aromatic carbocycles. The number of rotatable bonds is 3. The van der Waals surface area contributed by atoms with E-state index in [0.717, 1.165) is 16.5 Å². The lowest BCUT2D eigenvalue weighted by Gasteiger charge is -2.07. The Morgan fingerprint density at radius 3 is 2.72 bits per heavy atom. The zero-order valence-electron chi connectivity index (χ0n) is 13.1. The molecule has 0 fully saturated rings. The molecule has 0 spiro atoms. The number of H-pyrrole nitrogens is 2. The van der Waals surface area contributed by atoms with Gasteiger partial charge in [0, 0.05) is 22.8 Å². The number of aromatic nitrogens is 3. The summed E-state index contributed by atoms with van der Waals surface area (Å²) in [6, 6.07) is 16.3. The van der Waals surface area contributed by atoms with Gasteiger partial charge in [0.05, 0.1) is 17.3 Å². The maximum atomic E-state index is 12.5. The first-order chi connectivity index (χ1) is 12.2. The standard InChI is InChI=1S/C19H14N4O2/c24-18(22-15-7-6-13-11-21-23-17(13)9-15)14-8-16(19(25)20-10-14)12-4-2-1-3-5-12/h1-11H,(H,20,25)(H,21,23)(H,22,24). The number of aromatic amines is 2. The molecular formula is C19H14N4O2. The highest BCUT2D eigenvalue weighted by Gasteiger charge is 2.11. The number of hydrogen-bond acceptors (Lipinski definition) is 3. The summed E-state index contributed by atoms with van der Waals surface area (Å²) >= 11 is 0. The second kappa shape index (κ2) is 6.09. The monoisotopic (exact) mass is 330 g/mol. The molecule has 2 aromatic heterocycles. The lowest BCUT2D eigenvalue weighted by molar-refractivity contribution is 0.102. The van der Waals surface area contributed by atoms with Crippen molar-refractivity contribution < 1.29 is 4.79 Å². The van der Waals surface area contributed by atoms with Gasteiger partial charge in [-0.1, -0.05) is 30.3 Å². The Bertz CT molecular complexity index is 1110. The van der Waals surface area contributed by atoms with E-state index in [1.54, 1.807) is 18.3 Å².